The van der Waals surface area contributed by atoms with E-state index in [0.717, 1.165) is 28.1 Å². The fourth-order valence-corrected chi connectivity index (χ4v) is 7.14. The van der Waals surface area contributed by atoms with Crippen LogP contribution in [0.4, 0.5) is 8.78 Å². The van der Waals surface area contributed by atoms with Crippen LogP contribution in [-0.4, -0.2) is 35.6 Å². The van der Waals surface area contributed by atoms with E-state index >= 15 is 0 Å². The van der Waals surface area contributed by atoms with Gasteiger partial charge >= 0.3 is 0 Å². The molecule has 37 heavy (non-hydrogen) atoms. The van der Waals surface area contributed by atoms with Crippen LogP contribution in [-0.2, 0) is 22.9 Å². The highest BCUT2D eigenvalue weighted by atomic mass is 32.2. The zero-order chi connectivity index (χ0) is 25.6. The Balaban J connectivity index is 1.42. The van der Waals surface area contributed by atoms with Gasteiger partial charge in [0.2, 0.25) is 10.0 Å². The van der Waals surface area contributed by atoms with Gasteiger partial charge in [0.05, 0.1) is 22.5 Å². The van der Waals surface area contributed by atoms with Gasteiger partial charge in [0.25, 0.3) is 0 Å². The van der Waals surface area contributed by atoms with Crippen LogP contribution in [0.25, 0.3) is 11.8 Å². The zero-order valence-electron chi connectivity index (χ0n) is 20.0. The highest BCUT2D eigenvalue weighted by Crippen LogP contribution is 2.47. The van der Waals surface area contributed by atoms with Gasteiger partial charge < -0.3 is 0 Å². The van der Waals surface area contributed by atoms with E-state index in [2.05, 4.69) is 11.2 Å². The third kappa shape index (κ3) is 4.30. The molecule has 0 bridgehead atoms. The van der Waals surface area contributed by atoms with Crippen LogP contribution in [0.2, 0.25) is 0 Å². The van der Waals surface area contributed by atoms with Crippen LogP contribution in [0, 0.1) is 17.0 Å². The Morgan fingerprint density at radius 2 is 1.57 bits per heavy atom. The lowest BCUT2D eigenvalue weighted by molar-refractivity contribution is 0.209. The monoisotopic (exact) mass is 517 g/mol. The second-order valence-electron chi connectivity index (χ2n) is 9.77. The van der Waals surface area contributed by atoms with Crippen LogP contribution >= 0.6 is 0 Å². The van der Waals surface area contributed by atoms with E-state index in [-0.39, 0.29) is 16.5 Å². The molecule has 188 valence electrons. The summed E-state index contributed by atoms with van der Waals surface area (Å²) in [5.41, 5.74) is 4.27. The van der Waals surface area contributed by atoms with Crippen LogP contribution in [0.15, 0.2) is 95.5 Å². The Morgan fingerprint density at radius 1 is 0.892 bits per heavy atom. The van der Waals surface area contributed by atoms with Gasteiger partial charge in [0.1, 0.15) is 11.6 Å². The van der Waals surface area contributed by atoms with E-state index in [1.54, 1.807) is 63.6 Å². The highest BCUT2D eigenvalue weighted by Gasteiger charge is 2.46. The number of piperidine rings is 1. The van der Waals surface area contributed by atoms with Gasteiger partial charge in [-0.25, -0.2) is 21.9 Å². The van der Waals surface area contributed by atoms with Crippen molar-refractivity contribution in [3.8, 4) is 5.69 Å². The minimum Gasteiger partial charge on any atom is -0.233 e. The number of nitrogens with zero attached hydrogens (tertiary/aromatic N) is 3. The minimum absolute atomic E-state index is 0.278. The molecule has 0 N–H and O–H groups in total. The van der Waals surface area contributed by atoms with Gasteiger partial charge in [-0.05, 0) is 85.0 Å². The molecule has 1 aliphatic carbocycles. The number of sulfonamides is 1. The van der Waals surface area contributed by atoms with Crippen molar-refractivity contribution >= 4 is 16.1 Å². The molecule has 5 nitrogen and oxygen atoms in total. The molecule has 2 aliphatic rings. The summed E-state index contributed by atoms with van der Waals surface area (Å²) in [5.74, 6) is -0.617. The van der Waals surface area contributed by atoms with E-state index in [0.29, 0.717) is 32.4 Å². The fourth-order valence-electron chi connectivity index (χ4n) is 5.59. The number of aromatic nitrogens is 2. The Hall–Kier alpha value is -3.62. The Bertz CT molecular complexity index is 1580. The van der Waals surface area contributed by atoms with Gasteiger partial charge in [-0.2, -0.15) is 9.40 Å². The molecule has 1 atom stereocenters. The number of rotatable bonds is 5. The van der Waals surface area contributed by atoms with Crippen molar-refractivity contribution in [2.45, 2.75) is 24.2 Å². The second-order valence-corrected chi connectivity index (χ2v) is 11.7. The largest absolute Gasteiger partial charge is 0.243 e. The van der Waals surface area contributed by atoms with Gasteiger partial charge in [-0.15, -0.1) is 0 Å². The number of hydrogen-bond donors (Lipinski definition) is 0. The summed E-state index contributed by atoms with van der Waals surface area (Å²) in [6, 6.07) is 21.1. The number of fused-ring (bicyclic) bond motifs is 2. The highest BCUT2D eigenvalue weighted by molar-refractivity contribution is 7.89. The van der Waals surface area contributed by atoms with Crippen LogP contribution in [0.5, 0.6) is 0 Å². The second kappa shape index (κ2) is 9.04. The molecule has 1 fully saturated rings. The topological polar surface area (TPSA) is 55.2 Å². The van der Waals surface area contributed by atoms with Crippen LogP contribution < -0.4 is 0 Å². The lowest BCUT2D eigenvalue weighted by Gasteiger charge is -2.46. The molecule has 1 aliphatic heterocycles. The molecular weight excluding hydrogens is 492 g/mol. The molecular formula is C29H25F2N3O2S. The van der Waals surface area contributed by atoms with Gasteiger partial charge in [0, 0.05) is 18.5 Å². The Kier molecular flexibility index (Phi) is 5.81. The Morgan fingerprint density at radius 3 is 2.27 bits per heavy atom. The van der Waals surface area contributed by atoms with Crippen molar-refractivity contribution in [1.29, 1.82) is 0 Å². The predicted molar refractivity (Wildman–Crippen MR) is 138 cm³/mol. The van der Waals surface area contributed by atoms with Crippen molar-refractivity contribution in [3.05, 3.63) is 119 Å². The van der Waals surface area contributed by atoms with Crippen molar-refractivity contribution in [2.24, 2.45) is 5.41 Å². The van der Waals surface area contributed by atoms with E-state index < -0.39 is 15.4 Å². The smallest absolute Gasteiger partial charge is 0.233 e. The molecule has 1 saturated heterocycles. The summed E-state index contributed by atoms with van der Waals surface area (Å²) >= 11 is 0. The maximum absolute atomic E-state index is 13.7. The summed E-state index contributed by atoms with van der Waals surface area (Å²) in [7, 11) is -3.68. The van der Waals surface area contributed by atoms with E-state index in [9.17, 15) is 17.2 Å². The molecule has 1 unspecified atom stereocenters. The molecule has 2 heterocycles. The Labute approximate surface area is 214 Å². The van der Waals surface area contributed by atoms with Crippen molar-refractivity contribution in [1.82, 2.24) is 14.1 Å². The zero-order valence-corrected chi connectivity index (χ0v) is 20.8. The maximum atomic E-state index is 13.7. The molecule has 8 heteroatoms. The average molecular weight is 518 g/mol. The standard InChI is InChI=1S/C29H25F2N3O2S/c30-24-8-6-21(7-9-24)17-29-18-22-19-32-34(26-12-10-25(31)11-13-26)28(22)16-23(29)14-15-33(20-29)37(35,36)27-4-2-1-3-5-27/h1-13,16,19H,14-15,17-18,20H2. The third-order valence-electron chi connectivity index (χ3n) is 7.42. The molecule has 0 radical (unpaired) electrons. The quantitative estimate of drug-likeness (QED) is 0.356. The minimum atomic E-state index is -3.68. The molecule has 3 aromatic carbocycles. The third-order valence-corrected chi connectivity index (χ3v) is 9.28. The van der Waals surface area contributed by atoms with Crippen molar-refractivity contribution in [2.75, 3.05) is 13.1 Å². The lowest BCUT2D eigenvalue weighted by atomic mass is 9.66. The van der Waals surface area contributed by atoms with Crippen molar-refractivity contribution in [3.63, 3.8) is 0 Å². The lowest BCUT2D eigenvalue weighted by Crippen LogP contribution is -2.50. The molecule has 0 saturated carbocycles. The van der Waals surface area contributed by atoms with Gasteiger partial charge in [-0.1, -0.05) is 35.9 Å². The first-order valence-electron chi connectivity index (χ1n) is 12.2. The first-order chi connectivity index (χ1) is 17.8. The number of benzene rings is 3. The van der Waals surface area contributed by atoms with Crippen molar-refractivity contribution < 1.29 is 17.2 Å². The number of halogens is 2. The van der Waals surface area contributed by atoms with E-state index in [1.807, 2.05) is 6.20 Å². The molecule has 4 aromatic rings. The van der Waals surface area contributed by atoms with E-state index in [1.165, 1.54) is 24.3 Å². The normalized spacial score (nSPS) is 19.7. The molecule has 0 spiro atoms. The average Bonchev–Trinajstić information content (AvgIpc) is 3.31. The van der Waals surface area contributed by atoms with Crippen LogP contribution in [0.1, 0.15) is 23.2 Å². The predicted octanol–water partition coefficient (Wildman–Crippen LogP) is 5.41. The summed E-state index contributed by atoms with van der Waals surface area (Å²) in [6.07, 6.45) is 5.66. The summed E-state index contributed by atoms with van der Waals surface area (Å²) in [4.78, 5) is 0.278. The molecule has 6 rings (SSSR count). The van der Waals surface area contributed by atoms with E-state index in [4.69, 9.17) is 0 Å². The summed E-state index contributed by atoms with van der Waals surface area (Å²) in [6.45, 7) is 0.683. The fraction of sp³-hybridized carbons (Fsp3) is 0.207. The van der Waals surface area contributed by atoms with Gasteiger partial charge in [0.15, 0.2) is 0 Å². The number of hydrogen-bond acceptors (Lipinski definition) is 3. The van der Waals surface area contributed by atoms with Crippen LogP contribution in [0.3, 0.4) is 0 Å². The first-order valence-corrected chi connectivity index (χ1v) is 13.6. The summed E-state index contributed by atoms with van der Waals surface area (Å²) < 4.78 is 57.7. The molecule has 1 aromatic heterocycles. The first kappa shape index (κ1) is 23.8. The van der Waals surface area contributed by atoms with Gasteiger partial charge in [-0.3, -0.25) is 0 Å². The SMILES string of the molecule is O=S(=O)(c1ccccc1)N1CCC2=Cc3c(cnn3-c3ccc(F)cc3)CC2(Cc2ccc(F)cc2)C1. The molecule has 0 amide bonds. The summed E-state index contributed by atoms with van der Waals surface area (Å²) in [5, 5.41) is 4.59. The maximum Gasteiger partial charge on any atom is 0.243 e.